The van der Waals surface area contributed by atoms with Gasteiger partial charge in [0.05, 0.1) is 13.4 Å². The molecule has 0 unspecified atom stereocenters. The van der Waals surface area contributed by atoms with Crippen molar-refractivity contribution in [3.8, 4) is 5.75 Å². The Morgan fingerprint density at radius 2 is 2.36 bits per heavy atom. The van der Waals surface area contributed by atoms with Crippen molar-refractivity contribution < 1.29 is 4.74 Å². The number of rotatable bonds is 4. The number of nitrogens with one attached hydrogen (secondary N) is 1. The first-order chi connectivity index (χ1) is 6.70. The Labute approximate surface area is 82.7 Å². The number of hydrogen-bond donors (Lipinski definition) is 1. The van der Waals surface area contributed by atoms with E-state index in [2.05, 4.69) is 16.9 Å². The molecule has 0 saturated heterocycles. The van der Waals surface area contributed by atoms with E-state index in [9.17, 15) is 4.79 Å². The van der Waals surface area contributed by atoms with Gasteiger partial charge >= 0.3 is 0 Å². The summed E-state index contributed by atoms with van der Waals surface area (Å²) >= 11 is 0. The van der Waals surface area contributed by atoms with Crippen LogP contribution in [0, 0.1) is 0 Å². The first-order valence-electron chi connectivity index (χ1n) is 4.53. The third-order valence-electron chi connectivity index (χ3n) is 1.92. The molecule has 1 aromatic heterocycles. The first kappa shape index (κ1) is 10.6. The van der Waals surface area contributed by atoms with Crippen molar-refractivity contribution in [2.24, 2.45) is 0 Å². The normalized spacial score (nSPS) is 9.93. The minimum atomic E-state index is -0.250. The number of H-pyrrole nitrogens is 1. The zero-order valence-corrected chi connectivity index (χ0v) is 8.70. The molecular weight excluding hydrogens is 182 g/mol. The SMILES string of the molecule is CCCN(C)c1nc[nH]c(=O)c1OC. The van der Waals surface area contributed by atoms with Crippen LogP contribution in [0.25, 0.3) is 0 Å². The zero-order valence-electron chi connectivity index (χ0n) is 8.70. The maximum Gasteiger partial charge on any atom is 0.295 e. The maximum atomic E-state index is 11.3. The van der Waals surface area contributed by atoms with Gasteiger partial charge in [0.15, 0.2) is 5.82 Å². The van der Waals surface area contributed by atoms with Gasteiger partial charge in [-0.3, -0.25) is 4.79 Å². The minimum Gasteiger partial charge on any atom is -0.489 e. The van der Waals surface area contributed by atoms with E-state index in [4.69, 9.17) is 4.74 Å². The van der Waals surface area contributed by atoms with Gasteiger partial charge in [0.25, 0.3) is 5.56 Å². The topological polar surface area (TPSA) is 58.2 Å². The van der Waals surface area contributed by atoms with Crippen molar-refractivity contribution in [3.63, 3.8) is 0 Å². The number of aromatic nitrogens is 2. The minimum absolute atomic E-state index is 0.250. The van der Waals surface area contributed by atoms with Crippen LogP contribution in [0.3, 0.4) is 0 Å². The Hall–Kier alpha value is -1.52. The van der Waals surface area contributed by atoms with Gasteiger partial charge in [0, 0.05) is 13.6 Å². The van der Waals surface area contributed by atoms with E-state index in [0.29, 0.717) is 5.82 Å². The average molecular weight is 197 g/mol. The number of ether oxygens (including phenoxy) is 1. The van der Waals surface area contributed by atoms with Gasteiger partial charge in [-0.15, -0.1) is 0 Å². The van der Waals surface area contributed by atoms with Crippen molar-refractivity contribution in [2.75, 3.05) is 25.6 Å². The number of hydrogen-bond acceptors (Lipinski definition) is 4. The smallest absolute Gasteiger partial charge is 0.295 e. The lowest BCUT2D eigenvalue weighted by molar-refractivity contribution is 0.406. The maximum absolute atomic E-state index is 11.3. The summed E-state index contributed by atoms with van der Waals surface area (Å²) < 4.78 is 5.00. The number of anilines is 1. The molecule has 0 atom stereocenters. The standard InChI is InChI=1S/C9H15N3O2/c1-4-5-12(2)8-7(14-3)9(13)11-6-10-8/h6H,4-5H2,1-3H3,(H,10,11,13). The van der Waals surface area contributed by atoms with E-state index in [1.807, 2.05) is 11.9 Å². The van der Waals surface area contributed by atoms with Crippen molar-refractivity contribution in [3.05, 3.63) is 16.7 Å². The van der Waals surface area contributed by atoms with Crippen molar-refractivity contribution in [2.45, 2.75) is 13.3 Å². The summed E-state index contributed by atoms with van der Waals surface area (Å²) in [5.74, 6) is 0.849. The number of aromatic amines is 1. The molecule has 5 heteroatoms. The largest absolute Gasteiger partial charge is 0.489 e. The second-order valence-electron chi connectivity index (χ2n) is 3.01. The molecule has 0 bridgehead atoms. The fraction of sp³-hybridized carbons (Fsp3) is 0.556. The molecule has 0 aliphatic rings. The lowest BCUT2D eigenvalue weighted by Crippen LogP contribution is -2.23. The Balaban J connectivity index is 3.07. The Morgan fingerprint density at radius 1 is 1.64 bits per heavy atom. The van der Waals surface area contributed by atoms with Gasteiger partial charge in [0.1, 0.15) is 0 Å². The summed E-state index contributed by atoms with van der Waals surface area (Å²) in [6, 6.07) is 0. The van der Waals surface area contributed by atoms with E-state index in [1.165, 1.54) is 13.4 Å². The van der Waals surface area contributed by atoms with Crippen LogP contribution in [0.15, 0.2) is 11.1 Å². The molecule has 0 aliphatic carbocycles. The van der Waals surface area contributed by atoms with Crippen LogP contribution >= 0.6 is 0 Å². The molecule has 5 nitrogen and oxygen atoms in total. The van der Waals surface area contributed by atoms with E-state index < -0.39 is 0 Å². The van der Waals surface area contributed by atoms with Crippen LogP contribution in [-0.4, -0.2) is 30.7 Å². The van der Waals surface area contributed by atoms with Gasteiger partial charge in [-0.05, 0) is 6.42 Å². The van der Waals surface area contributed by atoms with Gasteiger partial charge < -0.3 is 14.6 Å². The highest BCUT2D eigenvalue weighted by atomic mass is 16.5. The van der Waals surface area contributed by atoms with Gasteiger partial charge in [-0.25, -0.2) is 4.98 Å². The zero-order chi connectivity index (χ0) is 10.6. The predicted octanol–water partition coefficient (Wildman–Crippen LogP) is 0.625. The molecular formula is C9H15N3O2. The first-order valence-corrected chi connectivity index (χ1v) is 4.53. The van der Waals surface area contributed by atoms with Crippen molar-refractivity contribution >= 4 is 5.82 Å². The lowest BCUT2D eigenvalue weighted by atomic mass is 10.4. The van der Waals surface area contributed by atoms with Crippen LogP contribution < -0.4 is 15.2 Å². The predicted molar refractivity (Wildman–Crippen MR) is 55.0 cm³/mol. The molecule has 78 valence electrons. The molecule has 0 spiro atoms. The second-order valence-corrected chi connectivity index (χ2v) is 3.01. The third kappa shape index (κ3) is 2.04. The molecule has 0 saturated carbocycles. The highest BCUT2D eigenvalue weighted by Gasteiger charge is 2.11. The highest BCUT2D eigenvalue weighted by molar-refractivity contribution is 5.49. The summed E-state index contributed by atoms with van der Waals surface area (Å²) in [5, 5.41) is 0. The van der Waals surface area contributed by atoms with Crippen molar-refractivity contribution in [1.82, 2.24) is 9.97 Å². The summed E-state index contributed by atoms with van der Waals surface area (Å²) in [5.41, 5.74) is -0.250. The fourth-order valence-electron chi connectivity index (χ4n) is 1.27. The molecule has 0 amide bonds. The Bertz CT molecular complexity index is 348. The lowest BCUT2D eigenvalue weighted by Gasteiger charge is -2.18. The molecule has 1 aromatic rings. The van der Waals surface area contributed by atoms with Gasteiger partial charge in [-0.1, -0.05) is 6.92 Å². The van der Waals surface area contributed by atoms with Crippen LogP contribution in [0.1, 0.15) is 13.3 Å². The highest BCUT2D eigenvalue weighted by Crippen LogP contribution is 2.18. The Kier molecular flexibility index (Phi) is 3.50. The van der Waals surface area contributed by atoms with Gasteiger partial charge in [0.2, 0.25) is 5.75 Å². The quantitative estimate of drug-likeness (QED) is 0.769. The summed E-state index contributed by atoms with van der Waals surface area (Å²) in [6.45, 7) is 2.91. The van der Waals surface area contributed by atoms with Crippen LogP contribution in [0.4, 0.5) is 5.82 Å². The summed E-state index contributed by atoms with van der Waals surface area (Å²) in [6.07, 6.45) is 2.38. The van der Waals surface area contributed by atoms with Crippen LogP contribution in [-0.2, 0) is 0 Å². The third-order valence-corrected chi connectivity index (χ3v) is 1.92. The fourth-order valence-corrected chi connectivity index (χ4v) is 1.27. The molecule has 1 rings (SSSR count). The van der Waals surface area contributed by atoms with Gasteiger partial charge in [-0.2, -0.15) is 0 Å². The summed E-state index contributed by atoms with van der Waals surface area (Å²) in [4.78, 5) is 19.8. The number of nitrogens with zero attached hydrogens (tertiary/aromatic N) is 2. The Morgan fingerprint density at radius 3 is 2.93 bits per heavy atom. The van der Waals surface area contributed by atoms with Crippen LogP contribution in [0.2, 0.25) is 0 Å². The molecule has 1 N–H and O–H groups in total. The molecule has 0 radical (unpaired) electrons. The second kappa shape index (κ2) is 4.64. The van der Waals surface area contributed by atoms with E-state index in [-0.39, 0.29) is 11.3 Å². The van der Waals surface area contributed by atoms with Crippen molar-refractivity contribution in [1.29, 1.82) is 0 Å². The molecule has 0 aromatic carbocycles. The van der Waals surface area contributed by atoms with E-state index in [0.717, 1.165) is 13.0 Å². The molecule has 14 heavy (non-hydrogen) atoms. The average Bonchev–Trinajstić information content (AvgIpc) is 2.17. The van der Waals surface area contributed by atoms with E-state index >= 15 is 0 Å². The van der Waals surface area contributed by atoms with Crippen LogP contribution in [0.5, 0.6) is 5.75 Å². The molecule has 0 fully saturated rings. The number of methoxy groups -OCH3 is 1. The monoisotopic (exact) mass is 197 g/mol. The molecule has 1 heterocycles. The molecule has 0 aliphatic heterocycles. The van der Waals surface area contributed by atoms with E-state index in [1.54, 1.807) is 0 Å². The summed E-state index contributed by atoms with van der Waals surface area (Å²) in [7, 11) is 3.35.